The predicted octanol–water partition coefficient (Wildman–Crippen LogP) is 4.85. The lowest BCUT2D eigenvalue weighted by Gasteiger charge is -2.26. The molecule has 11 heteroatoms. The number of anilines is 2. The number of carbonyl (C=O) groups is 1. The molecule has 0 aliphatic carbocycles. The molecular formula is C25H24F3N7O. The Hall–Kier alpha value is -4.02. The minimum atomic E-state index is -2.91. The Labute approximate surface area is 205 Å². The highest BCUT2D eigenvalue weighted by molar-refractivity contribution is 6.08. The van der Waals surface area contributed by atoms with Gasteiger partial charge in [0.1, 0.15) is 23.3 Å². The average Bonchev–Trinajstić information content (AvgIpc) is 3.40. The van der Waals surface area contributed by atoms with Gasteiger partial charge in [-0.2, -0.15) is 0 Å². The van der Waals surface area contributed by atoms with Crippen molar-refractivity contribution >= 4 is 23.1 Å². The van der Waals surface area contributed by atoms with Gasteiger partial charge in [-0.25, -0.2) is 23.1 Å². The molecule has 1 amide bonds. The summed E-state index contributed by atoms with van der Waals surface area (Å²) in [6.07, 6.45) is 2.47. The van der Waals surface area contributed by atoms with Gasteiger partial charge in [0, 0.05) is 42.4 Å². The van der Waals surface area contributed by atoms with Gasteiger partial charge < -0.3 is 10.2 Å². The molecule has 1 aromatic carbocycles. The van der Waals surface area contributed by atoms with Gasteiger partial charge in [0.25, 0.3) is 11.8 Å². The minimum absolute atomic E-state index is 0.0372. The quantitative estimate of drug-likeness (QED) is 0.426. The lowest BCUT2D eigenvalue weighted by Crippen LogP contribution is -2.28. The van der Waals surface area contributed by atoms with Crippen molar-refractivity contribution in [3.05, 3.63) is 65.8 Å². The predicted molar refractivity (Wildman–Crippen MR) is 129 cm³/mol. The third-order valence-electron chi connectivity index (χ3n) is 6.15. The average molecular weight is 496 g/mol. The van der Waals surface area contributed by atoms with Gasteiger partial charge in [-0.1, -0.05) is 32.0 Å². The first-order valence-electron chi connectivity index (χ1n) is 11.5. The fourth-order valence-corrected chi connectivity index (χ4v) is 4.34. The molecule has 4 aromatic rings. The molecule has 1 aliphatic rings. The summed E-state index contributed by atoms with van der Waals surface area (Å²) >= 11 is 0. The van der Waals surface area contributed by atoms with E-state index in [9.17, 15) is 18.0 Å². The largest absolute Gasteiger partial charge is 0.350 e. The third-order valence-corrected chi connectivity index (χ3v) is 6.15. The fraction of sp³-hybridized carbons (Fsp3) is 0.320. The number of benzene rings is 1. The molecule has 8 nitrogen and oxygen atoms in total. The fourth-order valence-electron chi connectivity index (χ4n) is 4.34. The van der Waals surface area contributed by atoms with Crippen LogP contribution in [-0.2, 0) is 0 Å². The molecule has 1 fully saturated rings. The smallest absolute Gasteiger partial charge is 0.266 e. The zero-order valence-electron chi connectivity index (χ0n) is 20.0. The number of halogens is 3. The van der Waals surface area contributed by atoms with E-state index >= 15 is 0 Å². The van der Waals surface area contributed by atoms with Crippen LogP contribution in [0.4, 0.5) is 24.7 Å². The van der Waals surface area contributed by atoms with E-state index in [-0.39, 0.29) is 41.5 Å². The number of alkyl halides is 2. The molecule has 0 spiro atoms. The molecule has 0 bridgehead atoms. The van der Waals surface area contributed by atoms with Crippen molar-refractivity contribution in [1.82, 2.24) is 24.6 Å². The second-order valence-electron chi connectivity index (χ2n) is 9.14. The third kappa shape index (κ3) is 4.25. The number of rotatable bonds is 5. The van der Waals surface area contributed by atoms with Crippen LogP contribution in [0.5, 0.6) is 0 Å². The molecule has 1 N–H and O–H groups in total. The summed E-state index contributed by atoms with van der Waals surface area (Å²) < 4.78 is 45.2. The maximum Gasteiger partial charge on any atom is 0.266 e. The van der Waals surface area contributed by atoms with E-state index in [0.29, 0.717) is 22.9 Å². The van der Waals surface area contributed by atoms with Gasteiger partial charge in [0.05, 0.1) is 17.8 Å². The van der Waals surface area contributed by atoms with Crippen LogP contribution in [0.1, 0.15) is 48.2 Å². The molecule has 186 valence electrons. The zero-order valence-corrected chi connectivity index (χ0v) is 20.0. The van der Waals surface area contributed by atoms with Crippen molar-refractivity contribution in [1.29, 1.82) is 0 Å². The van der Waals surface area contributed by atoms with Crippen LogP contribution in [0.15, 0.2) is 42.7 Å². The molecular weight excluding hydrogens is 471 g/mol. The van der Waals surface area contributed by atoms with Gasteiger partial charge in [-0.05, 0) is 19.1 Å². The number of hydrogen-bond donors (Lipinski definition) is 1. The number of nitrogens with one attached hydrogen (secondary N) is 1. The van der Waals surface area contributed by atoms with E-state index in [1.54, 1.807) is 35.6 Å². The molecule has 1 aliphatic heterocycles. The minimum Gasteiger partial charge on any atom is -0.350 e. The summed E-state index contributed by atoms with van der Waals surface area (Å²) in [6.45, 7) is 5.03. The van der Waals surface area contributed by atoms with Crippen molar-refractivity contribution in [3.8, 4) is 11.1 Å². The number of aromatic nitrogens is 5. The Morgan fingerprint density at radius 2 is 1.83 bits per heavy atom. The van der Waals surface area contributed by atoms with E-state index in [2.05, 4.69) is 25.5 Å². The van der Waals surface area contributed by atoms with Gasteiger partial charge >= 0.3 is 0 Å². The Kier molecular flexibility index (Phi) is 5.85. The monoisotopic (exact) mass is 495 g/mol. The van der Waals surface area contributed by atoms with Gasteiger partial charge in [-0.3, -0.25) is 9.20 Å². The van der Waals surface area contributed by atoms with E-state index in [4.69, 9.17) is 0 Å². The number of amides is 1. The van der Waals surface area contributed by atoms with E-state index in [1.165, 1.54) is 23.4 Å². The number of nitrogens with zero attached hydrogens (tertiary/aromatic N) is 6. The summed E-state index contributed by atoms with van der Waals surface area (Å²) in [5, 5.41) is 11.1. The van der Waals surface area contributed by atoms with Crippen LogP contribution >= 0.6 is 0 Å². The molecule has 0 radical (unpaired) electrons. The summed E-state index contributed by atoms with van der Waals surface area (Å²) in [6, 6.07) is 7.65. The molecule has 0 atom stereocenters. The van der Waals surface area contributed by atoms with E-state index in [1.807, 2.05) is 13.8 Å². The highest BCUT2D eigenvalue weighted by atomic mass is 19.3. The Morgan fingerprint density at radius 1 is 1.11 bits per heavy atom. The van der Waals surface area contributed by atoms with Gasteiger partial charge in [0.2, 0.25) is 0 Å². The Balaban J connectivity index is 1.71. The Morgan fingerprint density at radius 3 is 2.47 bits per heavy atom. The van der Waals surface area contributed by atoms with Gasteiger partial charge in [0.15, 0.2) is 5.65 Å². The van der Waals surface area contributed by atoms with Crippen LogP contribution in [0.2, 0.25) is 0 Å². The first-order chi connectivity index (χ1) is 17.1. The number of hydrogen-bond acceptors (Lipinski definition) is 6. The van der Waals surface area contributed by atoms with Crippen LogP contribution < -0.4 is 10.2 Å². The first-order valence-corrected chi connectivity index (χ1v) is 11.5. The number of carbonyl (C=O) groups excluding carboxylic acids is 1. The standard InChI is InChI=1S/C25H24F3N7O/c1-14(2)22-29-11-16(12-30-22)23(36)31-21-18(17-6-4-5-7-19(17)26)10-20-33-32-15(3)35(20)24(21)34-9-8-25(27,28)13-34/h4-7,10-12,14H,8-9,13H2,1-3H3,(H,31,36). The van der Waals surface area contributed by atoms with Crippen molar-refractivity contribution in [2.75, 3.05) is 23.3 Å². The maximum atomic E-state index is 15.0. The van der Waals surface area contributed by atoms with Crippen LogP contribution in [0.25, 0.3) is 16.8 Å². The van der Waals surface area contributed by atoms with Crippen LogP contribution in [-0.4, -0.2) is 49.5 Å². The molecule has 5 rings (SSSR count). The molecule has 0 saturated carbocycles. The SMILES string of the molecule is Cc1nnc2cc(-c3ccccc3F)c(NC(=O)c3cnc(C(C)C)nc3)c(N3CCC(F)(F)C3)n12. The molecule has 3 aromatic heterocycles. The Bertz CT molecular complexity index is 1450. The molecule has 4 heterocycles. The second-order valence-corrected chi connectivity index (χ2v) is 9.14. The van der Waals surface area contributed by atoms with Crippen LogP contribution in [0.3, 0.4) is 0 Å². The summed E-state index contributed by atoms with van der Waals surface area (Å²) in [7, 11) is 0. The molecule has 0 unspecified atom stereocenters. The van der Waals surface area contributed by atoms with Crippen molar-refractivity contribution in [2.45, 2.75) is 39.0 Å². The summed E-state index contributed by atoms with van der Waals surface area (Å²) in [4.78, 5) is 23.3. The first kappa shape index (κ1) is 23.7. The van der Waals surface area contributed by atoms with E-state index < -0.39 is 24.2 Å². The number of fused-ring (bicyclic) bond motifs is 1. The number of aryl methyl sites for hydroxylation is 1. The highest BCUT2D eigenvalue weighted by Gasteiger charge is 2.40. The normalized spacial score (nSPS) is 15.1. The highest BCUT2D eigenvalue weighted by Crippen LogP contribution is 2.42. The molecule has 1 saturated heterocycles. The maximum absolute atomic E-state index is 15.0. The van der Waals surface area contributed by atoms with Crippen molar-refractivity contribution in [2.24, 2.45) is 0 Å². The summed E-state index contributed by atoms with van der Waals surface area (Å²) in [5.41, 5.74) is 1.18. The topological polar surface area (TPSA) is 88.3 Å². The van der Waals surface area contributed by atoms with Crippen LogP contribution in [0, 0.1) is 12.7 Å². The number of pyridine rings is 1. The lowest BCUT2D eigenvalue weighted by atomic mass is 10.0. The zero-order chi connectivity index (χ0) is 25.6. The molecule has 36 heavy (non-hydrogen) atoms. The second kappa shape index (κ2) is 8.89. The summed E-state index contributed by atoms with van der Waals surface area (Å²) in [5.74, 6) is -2.63. The van der Waals surface area contributed by atoms with Gasteiger partial charge in [-0.15, -0.1) is 10.2 Å². The van der Waals surface area contributed by atoms with Crippen molar-refractivity contribution < 1.29 is 18.0 Å². The lowest BCUT2D eigenvalue weighted by molar-refractivity contribution is 0.0256. The van der Waals surface area contributed by atoms with E-state index in [0.717, 1.165) is 0 Å². The van der Waals surface area contributed by atoms with Crippen molar-refractivity contribution in [3.63, 3.8) is 0 Å².